The minimum atomic E-state index is -0.325. The lowest BCUT2D eigenvalue weighted by Gasteiger charge is -2.30. The van der Waals surface area contributed by atoms with Gasteiger partial charge in [0.1, 0.15) is 0 Å². The summed E-state index contributed by atoms with van der Waals surface area (Å²) in [5.74, 6) is 1.94. The Kier molecular flexibility index (Phi) is 5.85. The Bertz CT molecular complexity index is 1210. The summed E-state index contributed by atoms with van der Waals surface area (Å²) in [6, 6.07) is 22.7. The molecule has 166 valence electrons. The molecular formula is C26H25N5O2. The van der Waals surface area contributed by atoms with Crippen molar-refractivity contribution in [1.29, 1.82) is 0 Å². The van der Waals surface area contributed by atoms with Crippen molar-refractivity contribution in [2.75, 3.05) is 23.3 Å². The number of amides is 1. The molecule has 2 aromatic heterocycles. The standard InChI is InChI=1S/C26H25N5O2/c1-18-13-15-31(16-14-18)25-12-11-22(28-29-25)19-7-9-21(10-8-19)27-26(32)23-17-24(33-30-23)20-5-3-2-4-6-20/h2-12,17-18H,13-16H2,1H3,(H,27,32). The summed E-state index contributed by atoms with van der Waals surface area (Å²) in [4.78, 5) is 14.9. The zero-order valence-corrected chi connectivity index (χ0v) is 18.4. The van der Waals surface area contributed by atoms with Crippen LogP contribution in [0.5, 0.6) is 0 Å². The fourth-order valence-corrected chi connectivity index (χ4v) is 3.93. The average molecular weight is 440 g/mol. The van der Waals surface area contributed by atoms with Gasteiger partial charge in [-0.2, -0.15) is 0 Å². The Balaban J connectivity index is 1.23. The van der Waals surface area contributed by atoms with Crippen LogP contribution in [0.2, 0.25) is 0 Å². The Hall–Kier alpha value is -4.00. The van der Waals surface area contributed by atoms with E-state index in [-0.39, 0.29) is 11.6 Å². The van der Waals surface area contributed by atoms with Crippen LogP contribution >= 0.6 is 0 Å². The summed E-state index contributed by atoms with van der Waals surface area (Å²) in [6.45, 7) is 4.36. The van der Waals surface area contributed by atoms with Crippen molar-refractivity contribution in [2.45, 2.75) is 19.8 Å². The summed E-state index contributed by atoms with van der Waals surface area (Å²) < 4.78 is 5.32. The number of nitrogens with zero attached hydrogens (tertiary/aromatic N) is 4. The molecular weight excluding hydrogens is 414 g/mol. The van der Waals surface area contributed by atoms with Gasteiger partial charge in [0.05, 0.1) is 5.69 Å². The van der Waals surface area contributed by atoms with Gasteiger partial charge < -0.3 is 14.7 Å². The third-order valence-electron chi connectivity index (χ3n) is 6.00. The first-order valence-corrected chi connectivity index (χ1v) is 11.2. The van der Waals surface area contributed by atoms with Crippen molar-refractivity contribution in [1.82, 2.24) is 15.4 Å². The van der Waals surface area contributed by atoms with Crippen LogP contribution in [0.1, 0.15) is 30.3 Å². The number of carbonyl (C=O) groups is 1. The second-order valence-electron chi connectivity index (χ2n) is 8.42. The predicted octanol–water partition coefficient (Wildman–Crippen LogP) is 5.29. The molecule has 0 saturated carbocycles. The molecule has 1 fully saturated rings. The molecule has 0 unspecified atom stereocenters. The van der Waals surface area contributed by atoms with Crippen LogP contribution in [0.25, 0.3) is 22.6 Å². The van der Waals surface area contributed by atoms with Gasteiger partial charge in [0, 0.05) is 36.0 Å². The van der Waals surface area contributed by atoms with E-state index in [4.69, 9.17) is 4.52 Å². The van der Waals surface area contributed by atoms with Crippen LogP contribution in [-0.4, -0.2) is 34.4 Å². The van der Waals surface area contributed by atoms with E-state index in [1.165, 1.54) is 12.8 Å². The van der Waals surface area contributed by atoms with E-state index in [1.54, 1.807) is 6.07 Å². The van der Waals surface area contributed by atoms with Gasteiger partial charge in [-0.3, -0.25) is 4.79 Å². The highest BCUT2D eigenvalue weighted by atomic mass is 16.5. The van der Waals surface area contributed by atoms with E-state index in [9.17, 15) is 4.79 Å². The lowest BCUT2D eigenvalue weighted by Crippen LogP contribution is -2.33. The maximum absolute atomic E-state index is 12.6. The van der Waals surface area contributed by atoms with E-state index in [0.29, 0.717) is 11.4 Å². The molecule has 0 aliphatic carbocycles. The normalized spacial score (nSPS) is 14.3. The van der Waals surface area contributed by atoms with Crippen LogP contribution in [0, 0.1) is 5.92 Å². The molecule has 1 aliphatic heterocycles. The van der Waals surface area contributed by atoms with Crippen LogP contribution in [-0.2, 0) is 0 Å². The van der Waals surface area contributed by atoms with Gasteiger partial charge in [-0.15, -0.1) is 10.2 Å². The maximum atomic E-state index is 12.6. The molecule has 3 heterocycles. The first kappa shape index (κ1) is 20.9. The number of benzene rings is 2. The van der Waals surface area contributed by atoms with Gasteiger partial charge in [0.2, 0.25) is 0 Å². The molecule has 0 atom stereocenters. The van der Waals surface area contributed by atoms with E-state index in [1.807, 2.05) is 66.7 Å². The molecule has 0 radical (unpaired) electrons. The highest BCUT2D eigenvalue weighted by Crippen LogP contribution is 2.24. The quantitative estimate of drug-likeness (QED) is 0.455. The van der Waals surface area contributed by atoms with Crippen molar-refractivity contribution >= 4 is 17.4 Å². The smallest absolute Gasteiger partial charge is 0.277 e. The third-order valence-corrected chi connectivity index (χ3v) is 6.00. The van der Waals surface area contributed by atoms with Crippen LogP contribution in [0.15, 0.2) is 77.3 Å². The molecule has 7 heteroatoms. The molecule has 7 nitrogen and oxygen atoms in total. The molecule has 0 bridgehead atoms. The fraction of sp³-hybridized carbons (Fsp3) is 0.231. The Morgan fingerprint density at radius 1 is 0.939 bits per heavy atom. The molecule has 2 aromatic carbocycles. The van der Waals surface area contributed by atoms with Crippen molar-refractivity contribution in [2.24, 2.45) is 5.92 Å². The third kappa shape index (κ3) is 4.77. The Labute approximate surface area is 192 Å². The minimum absolute atomic E-state index is 0.228. The number of aromatic nitrogens is 3. The molecule has 1 amide bonds. The van der Waals surface area contributed by atoms with Gasteiger partial charge in [0.25, 0.3) is 5.91 Å². The lowest BCUT2D eigenvalue weighted by molar-refractivity contribution is 0.101. The summed E-state index contributed by atoms with van der Waals surface area (Å²) in [5.41, 5.74) is 3.50. The lowest BCUT2D eigenvalue weighted by atomic mass is 9.99. The minimum Gasteiger partial charge on any atom is -0.355 e. The number of hydrogen-bond donors (Lipinski definition) is 1. The van der Waals surface area contributed by atoms with Gasteiger partial charge >= 0.3 is 0 Å². The van der Waals surface area contributed by atoms with Crippen LogP contribution in [0.3, 0.4) is 0 Å². The largest absolute Gasteiger partial charge is 0.355 e. The monoisotopic (exact) mass is 439 g/mol. The second-order valence-corrected chi connectivity index (χ2v) is 8.42. The summed E-state index contributed by atoms with van der Waals surface area (Å²) >= 11 is 0. The molecule has 1 saturated heterocycles. The summed E-state index contributed by atoms with van der Waals surface area (Å²) in [5, 5.41) is 15.6. The van der Waals surface area contributed by atoms with Gasteiger partial charge in [-0.05, 0) is 43.0 Å². The number of hydrogen-bond acceptors (Lipinski definition) is 6. The fourth-order valence-electron chi connectivity index (χ4n) is 3.93. The van der Waals surface area contributed by atoms with Crippen LogP contribution in [0.4, 0.5) is 11.5 Å². The SMILES string of the molecule is CC1CCN(c2ccc(-c3ccc(NC(=O)c4cc(-c5ccccc5)on4)cc3)nn2)CC1. The molecule has 33 heavy (non-hydrogen) atoms. The average Bonchev–Trinajstić information content (AvgIpc) is 3.37. The topological polar surface area (TPSA) is 84.2 Å². The highest BCUT2D eigenvalue weighted by Gasteiger charge is 2.17. The van der Waals surface area contributed by atoms with Crippen LogP contribution < -0.4 is 10.2 Å². The summed E-state index contributed by atoms with van der Waals surface area (Å²) in [6.07, 6.45) is 2.39. The van der Waals surface area contributed by atoms with E-state index in [2.05, 4.69) is 32.5 Å². The molecule has 4 aromatic rings. The van der Waals surface area contributed by atoms with E-state index < -0.39 is 0 Å². The number of nitrogens with one attached hydrogen (secondary N) is 1. The zero-order valence-electron chi connectivity index (χ0n) is 18.4. The number of piperidine rings is 1. The number of carbonyl (C=O) groups excluding carboxylic acids is 1. The first-order valence-electron chi connectivity index (χ1n) is 11.2. The van der Waals surface area contributed by atoms with Crippen molar-refractivity contribution < 1.29 is 9.32 Å². The summed E-state index contributed by atoms with van der Waals surface area (Å²) in [7, 11) is 0. The van der Waals surface area contributed by atoms with Crippen molar-refractivity contribution in [3.8, 4) is 22.6 Å². The molecule has 5 rings (SSSR count). The zero-order chi connectivity index (χ0) is 22.6. The number of rotatable bonds is 5. The Morgan fingerprint density at radius 2 is 1.70 bits per heavy atom. The van der Waals surface area contributed by atoms with Crippen molar-refractivity contribution in [3.05, 3.63) is 78.5 Å². The van der Waals surface area contributed by atoms with Gasteiger partial charge in [-0.25, -0.2) is 0 Å². The predicted molar refractivity (Wildman–Crippen MR) is 128 cm³/mol. The molecule has 1 aliphatic rings. The second kappa shape index (κ2) is 9.24. The van der Waals surface area contributed by atoms with Gasteiger partial charge in [0.15, 0.2) is 17.3 Å². The number of anilines is 2. The molecule has 0 spiro atoms. The Morgan fingerprint density at radius 3 is 2.39 bits per heavy atom. The maximum Gasteiger partial charge on any atom is 0.277 e. The van der Waals surface area contributed by atoms with E-state index in [0.717, 1.165) is 41.6 Å². The van der Waals surface area contributed by atoms with E-state index >= 15 is 0 Å². The van der Waals surface area contributed by atoms with Gasteiger partial charge in [-0.1, -0.05) is 54.5 Å². The highest BCUT2D eigenvalue weighted by molar-refractivity contribution is 6.03. The van der Waals surface area contributed by atoms with Crippen molar-refractivity contribution in [3.63, 3.8) is 0 Å². The first-order chi connectivity index (χ1) is 16.2. The molecule has 1 N–H and O–H groups in total.